The van der Waals surface area contributed by atoms with Gasteiger partial charge in [-0.3, -0.25) is 14.3 Å². The van der Waals surface area contributed by atoms with Gasteiger partial charge in [-0.1, -0.05) is 74.0 Å². The summed E-state index contributed by atoms with van der Waals surface area (Å²) in [4.78, 5) is 15.9. The Labute approximate surface area is 193 Å². The number of carbonyl (C=O) groups is 1. The van der Waals surface area contributed by atoms with Gasteiger partial charge in [-0.15, -0.1) is 0 Å². The van der Waals surface area contributed by atoms with Crippen LogP contribution in [-0.4, -0.2) is 46.9 Å². The molecule has 1 fully saturated rings. The third-order valence-electron chi connectivity index (χ3n) is 7.82. The second kappa shape index (κ2) is 9.89. The van der Waals surface area contributed by atoms with Crippen molar-refractivity contribution in [1.82, 2.24) is 4.90 Å². The molecular weight excluding hydrogens is 394 g/mol. The second-order valence-electron chi connectivity index (χ2n) is 9.50. The Morgan fingerprint density at radius 1 is 1.03 bits per heavy atom. The van der Waals surface area contributed by atoms with Gasteiger partial charge in [-0.05, 0) is 49.1 Å². The van der Waals surface area contributed by atoms with Crippen LogP contribution in [0.15, 0.2) is 60.7 Å². The molecule has 2 aromatic carbocycles. The minimum atomic E-state index is -0.786. The molecule has 1 heterocycles. The van der Waals surface area contributed by atoms with Crippen LogP contribution in [0.4, 0.5) is 0 Å². The van der Waals surface area contributed by atoms with Crippen LogP contribution in [-0.2, 0) is 10.2 Å². The summed E-state index contributed by atoms with van der Waals surface area (Å²) in [5, 5.41) is 0. The first-order valence-corrected chi connectivity index (χ1v) is 12.3. The van der Waals surface area contributed by atoms with Crippen LogP contribution in [0, 0.1) is 5.92 Å². The van der Waals surface area contributed by atoms with Gasteiger partial charge in [0.05, 0.1) is 12.6 Å². The minimum absolute atomic E-state index is 0.191. The molecule has 1 saturated carbocycles. The summed E-state index contributed by atoms with van der Waals surface area (Å²) in [5.41, 5.74) is 7.52. The zero-order valence-electron chi connectivity index (χ0n) is 19.7. The molecule has 1 aliphatic carbocycles. The summed E-state index contributed by atoms with van der Waals surface area (Å²) >= 11 is 0. The quantitative estimate of drug-likeness (QED) is 0.466. The van der Waals surface area contributed by atoms with E-state index in [1.54, 1.807) is 0 Å². The lowest BCUT2D eigenvalue weighted by molar-refractivity contribution is -0.519. The zero-order chi connectivity index (χ0) is 22.6. The average Bonchev–Trinajstić information content (AvgIpc) is 3.43. The van der Waals surface area contributed by atoms with E-state index in [0.29, 0.717) is 6.04 Å². The van der Waals surface area contributed by atoms with Crippen molar-refractivity contribution in [1.29, 1.82) is 0 Å². The number of primary amides is 1. The summed E-state index contributed by atoms with van der Waals surface area (Å²) in [6.45, 7) is 7.91. The fourth-order valence-electron chi connectivity index (χ4n) is 6.17. The van der Waals surface area contributed by atoms with Gasteiger partial charge >= 0.3 is 0 Å². The highest BCUT2D eigenvalue weighted by atomic mass is 16.1. The Morgan fingerprint density at radius 3 is 2.22 bits per heavy atom. The van der Waals surface area contributed by atoms with Gasteiger partial charge in [0.25, 0.3) is 0 Å². The molecule has 0 saturated heterocycles. The Balaban J connectivity index is 1.63. The van der Waals surface area contributed by atoms with E-state index in [1.165, 1.54) is 25.1 Å². The van der Waals surface area contributed by atoms with Gasteiger partial charge < -0.3 is 5.73 Å². The third kappa shape index (κ3) is 4.07. The maximum Gasteiger partial charge on any atom is 0.244 e. The SMILES string of the molecule is CCCCC[N+]1=C(C)N([C@@H]2CC[C@H](C(C(N)=O)(c3ccccc3)c3ccccc3)C2)CC1. The Hall–Kier alpha value is -2.62. The molecule has 1 aliphatic heterocycles. The molecule has 0 radical (unpaired) electrons. The van der Waals surface area contributed by atoms with E-state index >= 15 is 0 Å². The van der Waals surface area contributed by atoms with Crippen molar-refractivity contribution in [2.24, 2.45) is 11.7 Å². The lowest BCUT2D eigenvalue weighted by Gasteiger charge is -2.37. The van der Waals surface area contributed by atoms with E-state index < -0.39 is 5.41 Å². The number of nitrogens with two attached hydrogens (primary N) is 1. The van der Waals surface area contributed by atoms with E-state index in [9.17, 15) is 4.79 Å². The fourth-order valence-corrected chi connectivity index (χ4v) is 6.17. The number of hydrogen-bond acceptors (Lipinski definition) is 2. The molecule has 0 aromatic heterocycles. The summed E-state index contributed by atoms with van der Waals surface area (Å²) < 4.78 is 2.55. The number of amidine groups is 1. The van der Waals surface area contributed by atoms with Crippen LogP contribution in [0.25, 0.3) is 0 Å². The first kappa shape index (κ1) is 22.6. The van der Waals surface area contributed by atoms with E-state index in [4.69, 9.17) is 5.73 Å². The van der Waals surface area contributed by atoms with Crippen molar-refractivity contribution in [2.75, 3.05) is 19.6 Å². The van der Waals surface area contributed by atoms with Gasteiger partial charge in [0.1, 0.15) is 18.5 Å². The Morgan fingerprint density at radius 2 is 1.66 bits per heavy atom. The topological polar surface area (TPSA) is 49.3 Å². The summed E-state index contributed by atoms with van der Waals surface area (Å²) in [6.07, 6.45) is 6.94. The molecule has 32 heavy (non-hydrogen) atoms. The van der Waals surface area contributed by atoms with Crippen molar-refractivity contribution < 1.29 is 9.37 Å². The second-order valence-corrected chi connectivity index (χ2v) is 9.50. The first-order valence-electron chi connectivity index (χ1n) is 12.3. The summed E-state index contributed by atoms with van der Waals surface area (Å²) in [7, 11) is 0. The van der Waals surface area contributed by atoms with Gasteiger partial charge in [0.2, 0.25) is 11.7 Å². The number of hydrogen-bond donors (Lipinski definition) is 1. The predicted octanol–water partition coefficient (Wildman–Crippen LogP) is 4.56. The van der Waals surface area contributed by atoms with Crippen molar-refractivity contribution in [3.63, 3.8) is 0 Å². The van der Waals surface area contributed by atoms with Crippen LogP contribution in [0.5, 0.6) is 0 Å². The number of unbranched alkanes of at least 4 members (excludes halogenated alkanes) is 2. The normalized spacial score (nSPS) is 21.4. The maximum atomic E-state index is 13.3. The molecule has 4 heteroatoms. The molecule has 2 atom stereocenters. The van der Waals surface area contributed by atoms with Crippen molar-refractivity contribution >= 4 is 11.7 Å². The van der Waals surface area contributed by atoms with E-state index in [0.717, 1.165) is 50.0 Å². The van der Waals surface area contributed by atoms with Crippen LogP contribution >= 0.6 is 0 Å². The van der Waals surface area contributed by atoms with Crippen LogP contribution in [0.3, 0.4) is 0 Å². The predicted molar refractivity (Wildman–Crippen MR) is 131 cm³/mol. The van der Waals surface area contributed by atoms with E-state index in [2.05, 4.69) is 47.6 Å². The average molecular weight is 433 g/mol. The first-order chi connectivity index (χ1) is 15.6. The highest BCUT2D eigenvalue weighted by Gasteiger charge is 2.52. The van der Waals surface area contributed by atoms with Gasteiger partial charge in [-0.25, -0.2) is 0 Å². The largest absolute Gasteiger partial charge is 0.369 e. The van der Waals surface area contributed by atoms with Gasteiger partial charge in [0, 0.05) is 6.92 Å². The smallest absolute Gasteiger partial charge is 0.244 e. The highest BCUT2D eigenvalue weighted by Crippen LogP contribution is 2.48. The van der Waals surface area contributed by atoms with Crippen molar-refractivity contribution in [2.45, 2.75) is 63.8 Å². The molecule has 4 rings (SSSR count). The highest BCUT2D eigenvalue weighted by molar-refractivity contribution is 5.91. The van der Waals surface area contributed by atoms with Crippen LogP contribution in [0.1, 0.15) is 63.5 Å². The van der Waals surface area contributed by atoms with E-state index in [-0.39, 0.29) is 11.8 Å². The molecule has 1 amide bonds. The van der Waals surface area contributed by atoms with Crippen LogP contribution in [0.2, 0.25) is 0 Å². The monoisotopic (exact) mass is 432 g/mol. The summed E-state index contributed by atoms with van der Waals surface area (Å²) in [6, 6.07) is 20.9. The third-order valence-corrected chi connectivity index (χ3v) is 7.82. The number of amides is 1. The Kier molecular flexibility index (Phi) is 6.98. The molecule has 2 aromatic rings. The molecule has 4 nitrogen and oxygen atoms in total. The molecule has 0 bridgehead atoms. The number of carbonyl (C=O) groups excluding carboxylic acids is 1. The minimum Gasteiger partial charge on any atom is -0.369 e. The maximum absolute atomic E-state index is 13.3. The Bertz CT molecular complexity index is 898. The van der Waals surface area contributed by atoms with Crippen molar-refractivity contribution in [3.05, 3.63) is 71.8 Å². The molecule has 0 spiro atoms. The number of nitrogens with zero attached hydrogens (tertiary/aromatic N) is 2. The molecular formula is C28H38N3O+. The van der Waals surface area contributed by atoms with Gasteiger partial charge in [-0.2, -0.15) is 0 Å². The number of rotatable bonds is 9. The van der Waals surface area contributed by atoms with Crippen LogP contribution < -0.4 is 5.73 Å². The lowest BCUT2D eigenvalue weighted by Crippen LogP contribution is -2.48. The standard InChI is InChI=1S/C28H37N3O/c1-3-4-11-18-30-19-20-31(22(30)2)26-17-16-25(21-26)28(27(29)32,23-12-7-5-8-13-23)24-14-9-6-10-15-24/h5-10,12-15,25-26H,3-4,11,16-21H2,1-2H3,(H-,29,32)/p+1/t25-,26+/m0/s1. The lowest BCUT2D eigenvalue weighted by atomic mass is 9.64. The molecule has 2 N–H and O–H groups in total. The molecule has 0 unspecified atom stereocenters. The molecule has 2 aliphatic rings. The molecule has 170 valence electrons. The van der Waals surface area contributed by atoms with Crippen molar-refractivity contribution in [3.8, 4) is 0 Å². The van der Waals surface area contributed by atoms with E-state index in [1.807, 2.05) is 36.4 Å². The zero-order valence-corrected chi connectivity index (χ0v) is 19.7. The fraction of sp³-hybridized carbons (Fsp3) is 0.500. The van der Waals surface area contributed by atoms with Gasteiger partial charge in [0.15, 0.2) is 0 Å². The number of benzene rings is 2. The summed E-state index contributed by atoms with van der Waals surface area (Å²) in [5.74, 6) is 1.37.